The third-order valence-electron chi connectivity index (χ3n) is 10.1. The number of likely N-dealkylation sites (tertiary alicyclic amines) is 1. The fraction of sp³-hybridized carbons (Fsp3) is 0.955. The van der Waals surface area contributed by atoms with Crippen LogP contribution in [0.3, 0.4) is 0 Å². The molecule has 0 aromatic heterocycles. The topological polar surface area (TPSA) is 38.8 Å². The zero-order valence-electron chi connectivity index (χ0n) is 16.4. The van der Waals surface area contributed by atoms with Gasteiger partial charge in [-0.3, -0.25) is 9.69 Å². The molecule has 0 N–H and O–H groups in total. The van der Waals surface area contributed by atoms with Gasteiger partial charge in [0.1, 0.15) is 5.78 Å². The van der Waals surface area contributed by atoms with Crippen LogP contribution in [0, 0.1) is 46.8 Å². The van der Waals surface area contributed by atoms with Gasteiger partial charge in [0, 0.05) is 44.1 Å². The molecule has 0 amide bonds. The Hall–Kier alpha value is -0.450. The summed E-state index contributed by atoms with van der Waals surface area (Å²) in [6.07, 6.45) is 6.59. The third kappa shape index (κ3) is 1.60. The predicted molar refractivity (Wildman–Crippen MR) is 97.6 cm³/mol. The van der Waals surface area contributed by atoms with Crippen molar-refractivity contribution in [2.24, 2.45) is 46.8 Å². The second kappa shape index (κ2) is 5.33. The van der Waals surface area contributed by atoms with Crippen LogP contribution in [0.15, 0.2) is 0 Å². The van der Waals surface area contributed by atoms with E-state index in [2.05, 4.69) is 11.8 Å². The van der Waals surface area contributed by atoms with Gasteiger partial charge in [-0.15, -0.1) is 0 Å². The van der Waals surface area contributed by atoms with E-state index < -0.39 is 0 Å². The summed E-state index contributed by atoms with van der Waals surface area (Å²) in [7, 11) is 3.76. The molecular weight excluding hydrogens is 326 g/mol. The number of rotatable bonds is 3. The number of piperidine rings is 1. The summed E-state index contributed by atoms with van der Waals surface area (Å²) in [5, 5.41) is 0. The summed E-state index contributed by atoms with van der Waals surface area (Å²) in [5.74, 6) is 4.43. The number of carbonyl (C=O) groups excluding carboxylic acids is 1. The Labute approximate surface area is 157 Å². The van der Waals surface area contributed by atoms with Crippen molar-refractivity contribution in [1.82, 2.24) is 4.90 Å². The number of fused-ring (bicyclic) bond motifs is 2. The molecule has 0 aromatic rings. The third-order valence-corrected chi connectivity index (χ3v) is 10.1. The van der Waals surface area contributed by atoms with Crippen molar-refractivity contribution < 1.29 is 14.3 Å². The van der Waals surface area contributed by atoms with Crippen LogP contribution in [0.25, 0.3) is 0 Å². The highest BCUT2D eigenvalue weighted by molar-refractivity contribution is 5.88. The molecule has 1 heterocycles. The maximum atomic E-state index is 13.4. The Bertz CT molecular complexity index is 637. The van der Waals surface area contributed by atoms with Gasteiger partial charge in [0.05, 0.1) is 12.2 Å². The highest BCUT2D eigenvalue weighted by Gasteiger charge is 2.78. The van der Waals surface area contributed by atoms with Gasteiger partial charge in [0.25, 0.3) is 0 Å². The van der Waals surface area contributed by atoms with Gasteiger partial charge in [0.15, 0.2) is 0 Å². The molecule has 0 radical (unpaired) electrons. The molecule has 5 aliphatic carbocycles. The van der Waals surface area contributed by atoms with Crippen molar-refractivity contribution in [2.45, 2.75) is 57.3 Å². The molecule has 4 heteroatoms. The number of hydrogen-bond acceptors (Lipinski definition) is 4. The van der Waals surface area contributed by atoms with Gasteiger partial charge in [-0.25, -0.2) is 0 Å². The van der Waals surface area contributed by atoms with Crippen LogP contribution in [0.1, 0.15) is 39.0 Å². The molecule has 6 aliphatic rings. The number of methoxy groups -OCH3 is 2. The molecule has 0 aromatic carbocycles. The maximum Gasteiger partial charge on any atom is 0.142 e. The predicted octanol–water partition coefficient (Wildman–Crippen LogP) is 2.61. The monoisotopic (exact) mass is 359 g/mol. The Balaban J connectivity index is 1.55. The number of ketones is 1. The molecule has 7 bridgehead atoms. The standard InChI is InChI=1S/C22H33NO3/c1-4-23-10-11-5-6-18(26-3)22-15(11)7-13(21(22)23)12-9-17(25-2)14-8-16(22)19(12)20(14)24/h11-19,21H,4-10H2,1-3H3/t11-,12+,13+,14+,15+,16+,17-,18-,19+,21+,22-/m0/s1. The first-order chi connectivity index (χ1) is 12.7. The van der Waals surface area contributed by atoms with E-state index in [0.717, 1.165) is 31.2 Å². The second-order valence-electron chi connectivity index (χ2n) is 10.2. The SMILES string of the molecule is CCN1C[C@@H]2CC[C@H](OC)[C@]34[C@@H]2C[C@H]([C@H]2C[C@H](OC)[C@H]5C[C@@H]3[C@@H]2C5=O)[C@@H]14. The summed E-state index contributed by atoms with van der Waals surface area (Å²) < 4.78 is 12.1. The molecule has 144 valence electrons. The van der Waals surface area contributed by atoms with E-state index >= 15 is 0 Å². The molecule has 0 unspecified atom stereocenters. The molecule has 11 atom stereocenters. The summed E-state index contributed by atoms with van der Waals surface area (Å²) in [4.78, 5) is 16.2. The van der Waals surface area contributed by atoms with E-state index in [1.807, 2.05) is 14.2 Å². The minimum absolute atomic E-state index is 0.161. The van der Waals surface area contributed by atoms with Crippen LogP contribution in [0.2, 0.25) is 0 Å². The lowest BCUT2D eigenvalue weighted by atomic mass is 9.47. The van der Waals surface area contributed by atoms with Crippen LogP contribution in [-0.4, -0.2) is 56.2 Å². The Morgan fingerprint density at radius 2 is 1.92 bits per heavy atom. The Morgan fingerprint density at radius 3 is 2.65 bits per heavy atom. The van der Waals surface area contributed by atoms with Gasteiger partial charge in [-0.05, 0) is 68.2 Å². The Morgan fingerprint density at radius 1 is 1.08 bits per heavy atom. The zero-order chi connectivity index (χ0) is 17.8. The van der Waals surface area contributed by atoms with Crippen molar-refractivity contribution in [3.63, 3.8) is 0 Å². The van der Waals surface area contributed by atoms with E-state index in [0.29, 0.717) is 41.6 Å². The highest BCUT2D eigenvalue weighted by atomic mass is 16.5. The first-order valence-corrected chi connectivity index (χ1v) is 11.0. The summed E-state index contributed by atoms with van der Waals surface area (Å²) in [6.45, 7) is 4.78. The van der Waals surface area contributed by atoms with Crippen molar-refractivity contribution in [3.8, 4) is 0 Å². The molecule has 6 rings (SSSR count). The number of nitrogens with zero attached hydrogens (tertiary/aromatic N) is 1. The quantitative estimate of drug-likeness (QED) is 0.776. The van der Waals surface area contributed by atoms with Gasteiger partial charge in [-0.2, -0.15) is 0 Å². The maximum absolute atomic E-state index is 13.4. The minimum Gasteiger partial charge on any atom is -0.381 e. The summed E-state index contributed by atoms with van der Waals surface area (Å²) in [5.41, 5.74) is 0.241. The largest absolute Gasteiger partial charge is 0.381 e. The molecular formula is C22H33NO3. The second-order valence-corrected chi connectivity index (χ2v) is 10.2. The van der Waals surface area contributed by atoms with E-state index in [4.69, 9.17) is 9.47 Å². The average molecular weight is 360 g/mol. The fourth-order valence-electron chi connectivity index (χ4n) is 9.70. The zero-order valence-corrected chi connectivity index (χ0v) is 16.4. The molecule has 6 fully saturated rings. The summed E-state index contributed by atoms with van der Waals surface area (Å²) >= 11 is 0. The Kier molecular flexibility index (Phi) is 3.38. The summed E-state index contributed by atoms with van der Waals surface area (Å²) in [6, 6.07) is 0.646. The minimum atomic E-state index is 0.161. The van der Waals surface area contributed by atoms with Crippen LogP contribution >= 0.6 is 0 Å². The van der Waals surface area contributed by atoms with Gasteiger partial charge < -0.3 is 9.47 Å². The molecule has 4 nitrogen and oxygen atoms in total. The van der Waals surface area contributed by atoms with E-state index in [-0.39, 0.29) is 17.4 Å². The van der Waals surface area contributed by atoms with Gasteiger partial charge in [0.2, 0.25) is 0 Å². The number of Topliss-reactive ketones (excluding diaryl/α,β-unsaturated/α-hetero) is 1. The first-order valence-electron chi connectivity index (χ1n) is 11.0. The van der Waals surface area contributed by atoms with E-state index in [1.54, 1.807) is 0 Å². The smallest absolute Gasteiger partial charge is 0.142 e. The van der Waals surface area contributed by atoms with Gasteiger partial charge >= 0.3 is 0 Å². The van der Waals surface area contributed by atoms with Crippen LogP contribution in [-0.2, 0) is 14.3 Å². The number of ether oxygens (including phenoxy) is 2. The van der Waals surface area contributed by atoms with Crippen LogP contribution < -0.4 is 0 Å². The fourth-order valence-corrected chi connectivity index (χ4v) is 9.70. The molecule has 5 saturated carbocycles. The van der Waals surface area contributed by atoms with Gasteiger partial charge in [-0.1, -0.05) is 6.92 Å². The average Bonchev–Trinajstić information content (AvgIpc) is 3.01. The number of carbonyl (C=O) groups is 1. The lowest BCUT2D eigenvalue weighted by molar-refractivity contribution is -0.208. The van der Waals surface area contributed by atoms with Crippen molar-refractivity contribution in [1.29, 1.82) is 0 Å². The van der Waals surface area contributed by atoms with E-state index in [1.165, 1.54) is 25.8 Å². The van der Waals surface area contributed by atoms with E-state index in [9.17, 15) is 4.79 Å². The van der Waals surface area contributed by atoms with Crippen molar-refractivity contribution in [2.75, 3.05) is 27.3 Å². The van der Waals surface area contributed by atoms with Crippen LogP contribution in [0.4, 0.5) is 0 Å². The molecule has 26 heavy (non-hydrogen) atoms. The van der Waals surface area contributed by atoms with Crippen molar-refractivity contribution in [3.05, 3.63) is 0 Å². The highest BCUT2D eigenvalue weighted by Crippen LogP contribution is 2.75. The lowest BCUT2D eigenvalue weighted by Crippen LogP contribution is -2.70. The molecule has 1 saturated heterocycles. The lowest BCUT2D eigenvalue weighted by Gasteiger charge is -2.65. The molecule has 1 spiro atoms. The first kappa shape index (κ1) is 16.5. The number of hydrogen-bond donors (Lipinski definition) is 0. The normalized spacial score (nSPS) is 59.7. The van der Waals surface area contributed by atoms with Crippen molar-refractivity contribution >= 4 is 5.78 Å². The molecule has 1 aliphatic heterocycles. The van der Waals surface area contributed by atoms with Crippen LogP contribution in [0.5, 0.6) is 0 Å².